The minimum Gasteiger partial charge on any atom is -0.480 e. The average molecular weight is 677 g/mol. The number of nitriles is 1. The smallest absolute Gasteiger partial charge is 0.324 e. The lowest BCUT2D eigenvalue weighted by Gasteiger charge is -2.31. The quantitative estimate of drug-likeness (QED) is 0.0839. The van der Waals surface area contributed by atoms with Crippen LogP contribution >= 0.6 is 7.44 Å². The van der Waals surface area contributed by atoms with Gasteiger partial charge in [0.2, 0.25) is 7.44 Å². The van der Waals surface area contributed by atoms with Gasteiger partial charge in [0, 0.05) is 38.8 Å². The van der Waals surface area contributed by atoms with Gasteiger partial charge in [0.15, 0.2) is 11.2 Å². The molecule has 48 heavy (non-hydrogen) atoms. The van der Waals surface area contributed by atoms with Crippen LogP contribution < -0.4 is 15.7 Å². The van der Waals surface area contributed by atoms with Crippen molar-refractivity contribution in [2.24, 2.45) is 0 Å². The Hall–Kier alpha value is -4.67. The summed E-state index contributed by atoms with van der Waals surface area (Å²) in [5.41, 5.74) is 1.79. The van der Waals surface area contributed by atoms with Gasteiger partial charge in [-0.05, 0) is 37.8 Å². The minimum absolute atomic E-state index is 0.0552. The molecule has 0 saturated carbocycles. The molecule has 2 aromatic carbocycles. The highest BCUT2D eigenvalue weighted by atomic mass is 31.2. The Morgan fingerprint density at radius 1 is 1.00 bits per heavy atom. The standard InChI is InChI=1S/C33H41N8O6P/c1-24(2)47-33(45)28(21-26-12-7-4-8-13-26)39-48(46,38-27(32(43)44)20-25-10-5-3-6-11-25)19-18-40(15-9-14-34)16-17-41-23-37-29-30(41)35-22-36-31(29)42/h3-8,10-13,22-24,27-28H,9,15-21H2,1-2H3,(H,43,44)(H,35,36,42)(H2,38,39,46)/t27-,28-,48?/m0/s1. The lowest BCUT2D eigenvalue weighted by Crippen LogP contribution is -2.47. The zero-order valence-corrected chi connectivity index (χ0v) is 27.9. The normalized spacial score (nSPS) is 14.0. The van der Waals surface area contributed by atoms with Gasteiger partial charge in [0.25, 0.3) is 5.56 Å². The molecule has 1 unspecified atom stereocenters. The summed E-state index contributed by atoms with van der Waals surface area (Å²) in [6, 6.07) is 18.1. The van der Waals surface area contributed by atoms with Gasteiger partial charge < -0.3 is 19.4 Å². The van der Waals surface area contributed by atoms with Crippen molar-refractivity contribution >= 4 is 30.5 Å². The molecular weight excluding hydrogens is 635 g/mol. The molecule has 0 bridgehead atoms. The van der Waals surface area contributed by atoms with Crippen molar-refractivity contribution in [3.63, 3.8) is 0 Å². The average Bonchev–Trinajstić information content (AvgIpc) is 3.49. The third kappa shape index (κ3) is 10.7. The van der Waals surface area contributed by atoms with E-state index in [4.69, 9.17) is 4.74 Å². The number of carbonyl (C=O) groups is 2. The fourth-order valence-electron chi connectivity index (χ4n) is 5.18. The van der Waals surface area contributed by atoms with Crippen LogP contribution in [0.2, 0.25) is 0 Å². The molecule has 14 nitrogen and oxygen atoms in total. The van der Waals surface area contributed by atoms with Crippen LogP contribution in [0.4, 0.5) is 0 Å². The number of aliphatic carboxylic acids is 1. The summed E-state index contributed by atoms with van der Waals surface area (Å²) in [6.45, 7) is 4.72. The van der Waals surface area contributed by atoms with Crippen LogP contribution in [0.3, 0.4) is 0 Å². The van der Waals surface area contributed by atoms with Crippen molar-refractivity contribution in [3.05, 3.63) is 94.8 Å². The van der Waals surface area contributed by atoms with E-state index < -0.39 is 37.6 Å². The Bertz CT molecular complexity index is 1790. The molecule has 0 aliphatic rings. The van der Waals surface area contributed by atoms with Crippen LogP contribution in [-0.2, 0) is 38.3 Å². The Morgan fingerprint density at radius 2 is 1.62 bits per heavy atom. The van der Waals surface area contributed by atoms with Crippen molar-refractivity contribution < 1.29 is 24.0 Å². The van der Waals surface area contributed by atoms with Crippen molar-refractivity contribution in [1.82, 2.24) is 34.6 Å². The van der Waals surface area contributed by atoms with Crippen molar-refractivity contribution in [3.8, 4) is 6.07 Å². The van der Waals surface area contributed by atoms with Crippen LogP contribution in [0.15, 0.2) is 78.1 Å². The number of carboxylic acid groups (broad SMARTS) is 1. The molecule has 2 aromatic heterocycles. The number of fused-ring (bicyclic) bond motifs is 1. The summed E-state index contributed by atoms with van der Waals surface area (Å²) < 4.78 is 22.1. The molecule has 2 heterocycles. The number of hydrogen-bond acceptors (Lipinski definition) is 9. The zero-order valence-electron chi connectivity index (χ0n) is 27.0. The topological polar surface area (TPSA) is 195 Å². The zero-order chi connectivity index (χ0) is 34.5. The molecule has 0 aliphatic heterocycles. The molecule has 0 fully saturated rings. The van der Waals surface area contributed by atoms with E-state index >= 15 is 0 Å². The molecule has 0 spiro atoms. The number of aromatic amines is 1. The maximum atomic E-state index is 14.9. The lowest BCUT2D eigenvalue weighted by atomic mass is 10.1. The van der Waals surface area contributed by atoms with E-state index in [1.54, 1.807) is 42.7 Å². The summed E-state index contributed by atoms with van der Waals surface area (Å²) in [4.78, 5) is 50.8. The van der Waals surface area contributed by atoms with Crippen molar-refractivity contribution in [2.75, 3.05) is 25.8 Å². The number of hydrogen-bond donors (Lipinski definition) is 4. The van der Waals surface area contributed by atoms with Gasteiger partial charge in [-0.25, -0.2) is 20.1 Å². The SMILES string of the molecule is CC(C)OC(=O)[C@H](Cc1ccccc1)NP(=O)(CCN(CCC#N)CCn1cnc2c(=O)[nH]cnc21)N[C@@H](Cc1ccccc1)C(=O)O. The molecular formula is C33H41N8O6P. The molecule has 0 radical (unpaired) electrons. The monoisotopic (exact) mass is 676 g/mol. The van der Waals surface area contributed by atoms with Crippen molar-refractivity contribution in [1.29, 1.82) is 5.26 Å². The summed E-state index contributed by atoms with van der Waals surface area (Å²) in [6.07, 6.45) is 2.72. The van der Waals surface area contributed by atoms with Crippen LogP contribution in [0.25, 0.3) is 11.2 Å². The predicted molar refractivity (Wildman–Crippen MR) is 180 cm³/mol. The number of rotatable bonds is 19. The molecule has 0 aliphatic carbocycles. The third-order valence-corrected chi connectivity index (χ3v) is 9.85. The van der Waals surface area contributed by atoms with Gasteiger partial charge in [-0.15, -0.1) is 0 Å². The molecule has 15 heteroatoms. The molecule has 0 amide bonds. The second-order valence-electron chi connectivity index (χ2n) is 11.6. The molecule has 254 valence electrons. The Labute approximate surface area is 278 Å². The van der Waals surface area contributed by atoms with Crippen LogP contribution in [0, 0.1) is 11.3 Å². The number of imidazole rings is 1. The van der Waals surface area contributed by atoms with E-state index in [0.29, 0.717) is 25.3 Å². The molecule has 0 saturated heterocycles. The van der Waals surface area contributed by atoms with Gasteiger partial charge in [-0.2, -0.15) is 5.26 Å². The Balaban J connectivity index is 1.60. The Morgan fingerprint density at radius 3 is 2.23 bits per heavy atom. The summed E-state index contributed by atoms with van der Waals surface area (Å²) >= 11 is 0. The molecule has 4 N–H and O–H groups in total. The second-order valence-corrected chi connectivity index (χ2v) is 14.1. The predicted octanol–water partition coefficient (Wildman–Crippen LogP) is 2.97. The van der Waals surface area contributed by atoms with Crippen LogP contribution in [-0.4, -0.2) is 85.4 Å². The van der Waals surface area contributed by atoms with Crippen LogP contribution in [0.1, 0.15) is 31.4 Å². The Kier molecular flexibility index (Phi) is 13.2. The van der Waals surface area contributed by atoms with E-state index in [1.807, 2.05) is 41.3 Å². The number of nitrogens with one attached hydrogen (secondary N) is 3. The highest BCUT2D eigenvalue weighted by Gasteiger charge is 2.35. The minimum atomic E-state index is -3.86. The first-order valence-electron chi connectivity index (χ1n) is 15.7. The van der Waals surface area contributed by atoms with Gasteiger partial charge >= 0.3 is 11.9 Å². The fraction of sp³-hybridized carbons (Fsp3) is 0.394. The van der Waals surface area contributed by atoms with E-state index in [9.17, 15) is 29.3 Å². The largest absolute Gasteiger partial charge is 0.480 e. The first-order valence-corrected chi connectivity index (χ1v) is 17.6. The highest BCUT2D eigenvalue weighted by Crippen LogP contribution is 2.38. The first-order chi connectivity index (χ1) is 23.1. The van der Waals surface area contributed by atoms with Gasteiger partial charge in [0.05, 0.1) is 24.8 Å². The lowest BCUT2D eigenvalue weighted by molar-refractivity contribution is -0.149. The number of ether oxygens (including phenoxy) is 1. The first kappa shape index (κ1) is 36.2. The van der Waals surface area contributed by atoms with Gasteiger partial charge in [0.1, 0.15) is 12.1 Å². The van der Waals surface area contributed by atoms with E-state index in [0.717, 1.165) is 11.1 Å². The molecule has 4 rings (SSSR count). The second kappa shape index (κ2) is 17.5. The van der Waals surface area contributed by atoms with E-state index in [2.05, 4.69) is 31.2 Å². The van der Waals surface area contributed by atoms with Crippen LogP contribution in [0.5, 0.6) is 0 Å². The number of benzene rings is 2. The number of nitrogens with zero attached hydrogens (tertiary/aromatic N) is 5. The maximum absolute atomic E-state index is 14.9. The third-order valence-electron chi connectivity index (χ3n) is 7.56. The van der Waals surface area contributed by atoms with E-state index in [1.165, 1.54) is 12.7 Å². The number of H-pyrrole nitrogens is 1. The summed E-state index contributed by atoms with van der Waals surface area (Å²) in [7, 11) is -3.86. The molecule has 4 aromatic rings. The number of carboxylic acids is 1. The highest BCUT2D eigenvalue weighted by molar-refractivity contribution is 7.60. The van der Waals surface area contributed by atoms with Gasteiger partial charge in [-0.3, -0.25) is 23.8 Å². The number of carbonyl (C=O) groups excluding carboxylic acids is 1. The molecule has 3 atom stereocenters. The number of esters is 1. The van der Waals surface area contributed by atoms with Gasteiger partial charge in [-0.1, -0.05) is 60.7 Å². The van der Waals surface area contributed by atoms with Crippen molar-refractivity contribution in [2.45, 2.75) is 57.8 Å². The maximum Gasteiger partial charge on any atom is 0.324 e. The number of aromatic nitrogens is 4. The fourth-order valence-corrected chi connectivity index (χ4v) is 7.49. The van der Waals surface area contributed by atoms with E-state index in [-0.39, 0.29) is 43.0 Å². The summed E-state index contributed by atoms with van der Waals surface area (Å²) in [5, 5.41) is 25.5. The summed E-state index contributed by atoms with van der Waals surface area (Å²) in [5.74, 6) is -1.80.